The van der Waals surface area contributed by atoms with Gasteiger partial charge in [-0.15, -0.1) is 0 Å². The van der Waals surface area contributed by atoms with Crippen LogP contribution in [0, 0.1) is 11.3 Å². The number of aromatic nitrogens is 3. The van der Waals surface area contributed by atoms with Crippen LogP contribution in [0.25, 0.3) is 0 Å². The fraction of sp³-hybridized carbons (Fsp3) is 0.667. The third-order valence-corrected chi connectivity index (χ3v) is 3.23. The van der Waals surface area contributed by atoms with Crippen LogP contribution >= 0.6 is 11.8 Å². The second-order valence-corrected chi connectivity index (χ2v) is 4.40. The normalized spacial score (nSPS) is 16.7. The molecule has 0 atom stereocenters. The fourth-order valence-corrected chi connectivity index (χ4v) is 2.24. The monoisotopic (exact) mass is 223 g/mol. The maximum absolute atomic E-state index is 8.50. The zero-order valence-corrected chi connectivity index (χ0v) is 9.28. The van der Waals surface area contributed by atoms with E-state index in [9.17, 15) is 0 Å². The van der Waals surface area contributed by atoms with Gasteiger partial charge in [0.05, 0.1) is 18.5 Å². The van der Waals surface area contributed by atoms with Gasteiger partial charge in [0.25, 0.3) is 0 Å². The van der Waals surface area contributed by atoms with E-state index in [-0.39, 0.29) is 0 Å². The Balaban J connectivity index is 1.95. The van der Waals surface area contributed by atoms with Crippen molar-refractivity contribution in [2.75, 3.05) is 18.8 Å². The number of thioether (sulfide) groups is 1. The average molecular weight is 223 g/mol. The lowest BCUT2D eigenvalue weighted by molar-refractivity contribution is 0.244. The molecule has 2 heterocycles. The number of nitrogens with zero attached hydrogens (tertiary/aromatic N) is 5. The minimum Gasteiger partial charge on any atom is -0.284 e. The van der Waals surface area contributed by atoms with Crippen molar-refractivity contribution in [3.8, 4) is 6.07 Å². The molecular formula is C9H13N5S. The molecular weight excluding hydrogens is 210 g/mol. The summed E-state index contributed by atoms with van der Waals surface area (Å²) in [6, 6.07) is 2.10. The van der Waals surface area contributed by atoms with Crippen molar-refractivity contribution in [1.82, 2.24) is 19.7 Å². The zero-order valence-electron chi connectivity index (χ0n) is 8.46. The van der Waals surface area contributed by atoms with Crippen LogP contribution in [-0.2, 0) is 6.67 Å². The first kappa shape index (κ1) is 10.5. The number of hydrogen-bond acceptors (Lipinski definition) is 5. The Labute approximate surface area is 93.1 Å². The average Bonchev–Trinajstić information content (AvgIpc) is 2.87. The van der Waals surface area contributed by atoms with E-state index in [1.807, 2.05) is 4.68 Å². The number of hydrogen-bond donors (Lipinski definition) is 0. The Morgan fingerprint density at radius 2 is 2.27 bits per heavy atom. The Morgan fingerprint density at radius 1 is 1.47 bits per heavy atom. The molecule has 0 spiro atoms. The third-order valence-electron chi connectivity index (χ3n) is 2.38. The molecule has 0 aromatic carbocycles. The van der Waals surface area contributed by atoms with E-state index in [1.165, 1.54) is 24.6 Å². The van der Waals surface area contributed by atoms with Crippen molar-refractivity contribution in [3.63, 3.8) is 0 Å². The van der Waals surface area contributed by atoms with Gasteiger partial charge in [0, 0.05) is 0 Å². The molecule has 1 aliphatic rings. The molecule has 0 bridgehead atoms. The second-order valence-electron chi connectivity index (χ2n) is 3.46. The van der Waals surface area contributed by atoms with Gasteiger partial charge in [-0.1, -0.05) is 11.8 Å². The molecule has 1 saturated heterocycles. The van der Waals surface area contributed by atoms with Gasteiger partial charge >= 0.3 is 0 Å². The lowest BCUT2D eigenvalue weighted by Gasteiger charge is -2.14. The molecule has 6 heteroatoms. The Bertz CT molecular complexity index is 350. The topological polar surface area (TPSA) is 57.7 Å². The molecule has 5 nitrogen and oxygen atoms in total. The smallest absolute Gasteiger partial charge is 0.188 e. The molecule has 0 saturated carbocycles. The van der Waals surface area contributed by atoms with E-state index >= 15 is 0 Å². The van der Waals surface area contributed by atoms with Gasteiger partial charge in [-0.05, 0) is 25.9 Å². The summed E-state index contributed by atoms with van der Waals surface area (Å²) in [5, 5.41) is 13.5. The molecule has 0 amide bonds. The van der Waals surface area contributed by atoms with Crippen molar-refractivity contribution in [2.45, 2.75) is 24.7 Å². The van der Waals surface area contributed by atoms with Crippen molar-refractivity contribution < 1.29 is 0 Å². The zero-order chi connectivity index (χ0) is 10.5. The second kappa shape index (κ2) is 5.14. The quantitative estimate of drug-likeness (QED) is 0.711. The molecule has 15 heavy (non-hydrogen) atoms. The molecule has 1 aliphatic heterocycles. The van der Waals surface area contributed by atoms with Gasteiger partial charge in [0.15, 0.2) is 5.16 Å². The molecule has 1 fully saturated rings. The van der Waals surface area contributed by atoms with E-state index in [0.29, 0.717) is 5.75 Å². The molecule has 1 aromatic heterocycles. The summed E-state index contributed by atoms with van der Waals surface area (Å²) in [4.78, 5) is 6.49. The van der Waals surface area contributed by atoms with Gasteiger partial charge in [-0.25, -0.2) is 9.67 Å². The maximum Gasteiger partial charge on any atom is 0.188 e. The third kappa shape index (κ3) is 2.70. The number of rotatable bonds is 4. The van der Waals surface area contributed by atoms with Gasteiger partial charge in [0.2, 0.25) is 0 Å². The summed E-state index contributed by atoms with van der Waals surface area (Å²) >= 11 is 1.44. The SMILES string of the molecule is N#CCSc1ncnn1CN1CCCC1. The summed E-state index contributed by atoms with van der Waals surface area (Å²) in [5.74, 6) is 0.429. The van der Waals surface area contributed by atoms with Gasteiger partial charge in [0.1, 0.15) is 6.33 Å². The van der Waals surface area contributed by atoms with Crippen molar-refractivity contribution >= 4 is 11.8 Å². The van der Waals surface area contributed by atoms with Crippen molar-refractivity contribution in [3.05, 3.63) is 6.33 Å². The molecule has 0 unspecified atom stereocenters. The number of nitriles is 1. The van der Waals surface area contributed by atoms with Crippen LogP contribution in [0.5, 0.6) is 0 Å². The van der Waals surface area contributed by atoms with E-state index in [1.54, 1.807) is 6.33 Å². The largest absolute Gasteiger partial charge is 0.284 e. The molecule has 0 aliphatic carbocycles. The van der Waals surface area contributed by atoms with Crippen molar-refractivity contribution in [1.29, 1.82) is 5.26 Å². The Kier molecular flexibility index (Phi) is 3.59. The van der Waals surface area contributed by atoms with Crippen LogP contribution in [-0.4, -0.2) is 38.5 Å². The van der Waals surface area contributed by atoms with Gasteiger partial charge in [-0.2, -0.15) is 10.4 Å². The highest BCUT2D eigenvalue weighted by Gasteiger charge is 2.14. The summed E-state index contributed by atoms with van der Waals surface area (Å²) in [5.41, 5.74) is 0. The predicted molar refractivity (Wildman–Crippen MR) is 57.2 cm³/mol. The van der Waals surface area contributed by atoms with E-state index in [0.717, 1.165) is 24.9 Å². The summed E-state index contributed by atoms with van der Waals surface area (Å²) in [6.07, 6.45) is 4.10. The summed E-state index contributed by atoms with van der Waals surface area (Å²) in [6.45, 7) is 3.08. The molecule has 1 aromatic rings. The van der Waals surface area contributed by atoms with Crippen LogP contribution in [0.1, 0.15) is 12.8 Å². The minimum atomic E-state index is 0.429. The molecule has 0 radical (unpaired) electrons. The minimum absolute atomic E-state index is 0.429. The summed E-state index contributed by atoms with van der Waals surface area (Å²) < 4.78 is 1.87. The van der Waals surface area contributed by atoms with E-state index in [4.69, 9.17) is 5.26 Å². The van der Waals surface area contributed by atoms with Crippen molar-refractivity contribution in [2.24, 2.45) is 0 Å². The molecule has 80 valence electrons. The van der Waals surface area contributed by atoms with Gasteiger partial charge < -0.3 is 0 Å². The summed E-state index contributed by atoms with van der Waals surface area (Å²) in [7, 11) is 0. The first-order chi connectivity index (χ1) is 7.40. The highest BCUT2D eigenvalue weighted by atomic mass is 32.2. The Hall–Kier alpha value is -1.06. The lowest BCUT2D eigenvalue weighted by atomic mass is 10.4. The molecule has 0 N–H and O–H groups in total. The van der Waals surface area contributed by atoms with Crippen LogP contribution in [0.2, 0.25) is 0 Å². The predicted octanol–water partition coefficient (Wildman–Crippen LogP) is 0.947. The first-order valence-electron chi connectivity index (χ1n) is 5.00. The standard InChI is InChI=1S/C9H13N5S/c10-3-6-15-9-11-7-12-14(9)8-13-4-1-2-5-13/h7H,1-2,4-6,8H2. The lowest BCUT2D eigenvalue weighted by Crippen LogP contribution is -2.24. The van der Waals surface area contributed by atoms with E-state index < -0.39 is 0 Å². The van der Waals surface area contributed by atoms with Crippen LogP contribution < -0.4 is 0 Å². The molecule has 2 rings (SSSR count). The van der Waals surface area contributed by atoms with Crippen LogP contribution in [0.3, 0.4) is 0 Å². The van der Waals surface area contributed by atoms with Gasteiger partial charge in [-0.3, -0.25) is 4.90 Å². The fourth-order valence-electron chi connectivity index (χ4n) is 1.67. The maximum atomic E-state index is 8.50. The van der Waals surface area contributed by atoms with Crippen LogP contribution in [0.4, 0.5) is 0 Å². The number of likely N-dealkylation sites (tertiary alicyclic amines) is 1. The first-order valence-corrected chi connectivity index (χ1v) is 5.98. The highest BCUT2D eigenvalue weighted by Crippen LogP contribution is 2.15. The Morgan fingerprint density at radius 3 is 3.00 bits per heavy atom. The van der Waals surface area contributed by atoms with Crippen LogP contribution in [0.15, 0.2) is 11.5 Å². The van der Waals surface area contributed by atoms with E-state index in [2.05, 4.69) is 21.1 Å². The highest BCUT2D eigenvalue weighted by molar-refractivity contribution is 7.99.